The Morgan fingerprint density at radius 2 is 1.86 bits per heavy atom. The number of benzene rings is 1. The highest BCUT2D eigenvalue weighted by atomic mass is 16.7. The summed E-state index contributed by atoms with van der Waals surface area (Å²) in [6.45, 7) is 2.01. The molecule has 0 unspecified atom stereocenters. The molecule has 28 heavy (non-hydrogen) atoms. The first kappa shape index (κ1) is 18.1. The van der Waals surface area contributed by atoms with Crippen molar-refractivity contribution in [1.82, 2.24) is 4.40 Å². The Hall–Kier alpha value is -3.28. The van der Waals surface area contributed by atoms with Crippen molar-refractivity contribution in [3.8, 4) is 16.9 Å². The van der Waals surface area contributed by atoms with Gasteiger partial charge in [-0.25, -0.2) is 4.79 Å². The lowest BCUT2D eigenvalue weighted by molar-refractivity contribution is 0.143. The summed E-state index contributed by atoms with van der Waals surface area (Å²) in [7, 11) is 4.00. The van der Waals surface area contributed by atoms with Crippen LogP contribution in [0.15, 0.2) is 47.4 Å². The first-order valence-corrected chi connectivity index (χ1v) is 9.24. The number of carboxylic acid groups (broad SMARTS) is 1. The van der Waals surface area contributed by atoms with Gasteiger partial charge in [-0.05, 0) is 72.2 Å². The van der Waals surface area contributed by atoms with Crippen LogP contribution in [0.25, 0.3) is 16.6 Å². The van der Waals surface area contributed by atoms with Gasteiger partial charge in [0.2, 0.25) is 0 Å². The van der Waals surface area contributed by atoms with Crippen LogP contribution < -0.4 is 15.2 Å². The molecular formula is C22H22N2O4. The van der Waals surface area contributed by atoms with E-state index < -0.39 is 11.7 Å². The maximum atomic E-state index is 12.7. The molecule has 144 valence electrons. The largest absolute Gasteiger partial charge is 0.511 e. The normalized spacial score (nSPS) is 13.5. The Labute approximate surface area is 162 Å². The summed E-state index contributed by atoms with van der Waals surface area (Å²) in [6, 6.07) is 11.8. The molecule has 6 heteroatoms. The molecule has 2 aromatic heterocycles. The second kappa shape index (κ2) is 6.71. The van der Waals surface area contributed by atoms with Crippen LogP contribution in [0.5, 0.6) is 5.75 Å². The summed E-state index contributed by atoms with van der Waals surface area (Å²) >= 11 is 0. The number of anilines is 1. The molecule has 3 aromatic rings. The van der Waals surface area contributed by atoms with Gasteiger partial charge in [0.05, 0.1) is 5.52 Å². The first-order chi connectivity index (χ1) is 13.4. The SMILES string of the molecule is Cc1c(-c2ccc(N(C)C)cc2)ccn2c(=O)c(OC(=O)O)cc(C3CC3)c12. The third kappa shape index (κ3) is 3.11. The van der Waals surface area contributed by atoms with Gasteiger partial charge < -0.3 is 14.7 Å². The minimum Gasteiger partial charge on any atom is -0.449 e. The number of pyridine rings is 2. The van der Waals surface area contributed by atoms with E-state index in [2.05, 4.69) is 24.3 Å². The Bertz CT molecular complexity index is 1130. The van der Waals surface area contributed by atoms with E-state index in [-0.39, 0.29) is 5.75 Å². The molecule has 0 spiro atoms. The van der Waals surface area contributed by atoms with Gasteiger partial charge >= 0.3 is 6.16 Å². The van der Waals surface area contributed by atoms with E-state index in [0.717, 1.165) is 46.3 Å². The van der Waals surface area contributed by atoms with Crippen molar-refractivity contribution in [1.29, 1.82) is 0 Å². The number of hydrogen-bond donors (Lipinski definition) is 1. The average Bonchev–Trinajstić information content (AvgIpc) is 3.49. The predicted molar refractivity (Wildman–Crippen MR) is 109 cm³/mol. The second-order valence-corrected chi connectivity index (χ2v) is 7.43. The van der Waals surface area contributed by atoms with E-state index in [9.17, 15) is 9.59 Å². The van der Waals surface area contributed by atoms with Gasteiger partial charge in [-0.2, -0.15) is 0 Å². The van der Waals surface area contributed by atoms with Crippen LogP contribution >= 0.6 is 0 Å². The topological polar surface area (TPSA) is 71.2 Å². The summed E-state index contributed by atoms with van der Waals surface area (Å²) in [5.74, 6) is 0.186. The van der Waals surface area contributed by atoms with Gasteiger partial charge in [-0.15, -0.1) is 0 Å². The summed E-state index contributed by atoms with van der Waals surface area (Å²) in [5.41, 5.74) is 5.61. The van der Waals surface area contributed by atoms with Crippen LogP contribution in [-0.2, 0) is 0 Å². The fourth-order valence-corrected chi connectivity index (χ4v) is 3.70. The molecule has 1 N–H and O–H groups in total. The lowest BCUT2D eigenvalue weighted by Gasteiger charge is -2.17. The van der Waals surface area contributed by atoms with Crippen molar-refractivity contribution in [3.05, 3.63) is 64.1 Å². The quantitative estimate of drug-likeness (QED) is 0.686. The van der Waals surface area contributed by atoms with Crippen molar-refractivity contribution in [2.45, 2.75) is 25.7 Å². The van der Waals surface area contributed by atoms with Crippen molar-refractivity contribution in [2.75, 3.05) is 19.0 Å². The van der Waals surface area contributed by atoms with Gasteiger partial charge in [0.25, 0.3) is 5.56 Å². The number of hydrogen-bond acceptors (Lipinski definition) is 4. The minimum absolute atomic E-state index is 0.144. The third-order valence-electron chi connectivity index (χ3n) is 5.29. The minimum atomic E-state index is -1.48. The average molecular weight is 378 g/mol. The van der Waals surface area contributed by atoms with E-state index in [1.807, 2.05) is 32.0 Å². The number of aromatic nitrogens is 1. The van der Waals surface area contributed by atoms with E-state index in [0.29, 0.717) is 5.92 Å². The number of rotatable bonds is 4. The molecule has 0 atom stereocenters. The highest BCUT2D eigenvalue weighted by Gasteiger charge is 2.29. The van der Waals surface area contributed by atoms with E-state index in [1.165, 1.54) is 4.40 Å². The predicted octanol–water partition coefficient (Wildman–Crippen LogP) is 4.28. The molecule has 1 aliphatic rings. The van der Waals surface area contributed by atoms with Crippen LogP contribution in [0.3, 0.4) is 0 Å². The molecule has 0 radical (unpaired) electrons. The molecule has 0 aliphatic heterocycles. The fourth-order valence-electron chi connectivity index (χ4n) is 3.70. The van der Waals surface area contributed by atoms with Gasteiger partial charge in [-0.1, -0.05) is 12.1 Å². The summed E-state index contributed by atoms with van der Waals surface area (Å²) in [6.07, 6.45) is 2.29. The Kier molecular flexibility index (Phi) is 4.34. The standard InChI is InChI=1S/C22H22N2O4/c1-13-17(14-6-8-16(9-7-14)23(2)3)10-11-24-20(13)18(15-4-5-15)12-19(21(24)25)28-22(26)27/h6-12,15H,4-5H2,1-3H3,(H,26,27). The molecule has 6 nitrogen and oxygen atoms in total. The maximum Gasteiger partial charge on any atom is 0.511 e. The molecule has 1 fully saturated rings. The zero-order chi connectivity index (χ0) is 20.0. The number of nitrogens with zero attached hydrogens (tertiary/aromatic N) is 2. The van der Waals surface area contributed by atoms with E-state index in [1.54, 1.807) is 12.3 Å². The van der Waals surface area contributed by atoms with Crippen molar-refractivity contribution < 1.29 is 14.6 Å². The van der Waals surface area contributed by atoms with Gasteiger partial charge in [0.1, 0.15) is 0 Å². The monoisotopic (exact) mass is 378 g/mol. The molecule has 2 heterocycles. The van der Waals surface area contributed by atoms with Crippen molar-refractivity contribution in [2.24, 2.45) is 0 Å². The Balaban J connectivity index is 1.92. The number of ether oxygens (including phenoxy) is 1. The summed E-state index contributed by atoms with van der Waals surface area (Å²) in [5, 5.41) is 8.94. The van der Waals surface area contributed by atoms with Gasteiger partial charge in [-0.3, -0.25) is 9.20 Å². The molecule has 0 amide bonds. The number of fused-ring (bicyclic) bond motifs is 1. The summed E-state index contributed by atoms with van der Waals surface area (Å²) in [4.78, 5) is 25.8. The Morgan fingerprint density at radius 1 is 1.18 bits per heavy atom. The molecule has 4 rings (SSSR count). The van der Waals surface area contributed by atoms with Crippen LogP contribution in [-0.4, -0.2) is 29.8 Å². The van der Waals surface area contributed by atoms with Crippen LogP contribution in [0.4, 0.5) is 10.5 Å². The molecular weight excluding hydrogens is 356 g/mol. The van der Waals surface area contributed by atoms with Gasteiger partial charge in [0.15, 0.2) is 5.75 Å². The van der Waals surface area contributed by atoms with Crippen molar-refractivity contribution in [3.63, 3.8) is 0 Å². The number of aryl methyl sites for hydroxylation is 1. The first-order valence-electron chi connectivity index (χ1n) is 9.24. The lowest BCUT2D eigenvalue weighted by atomic mass is 9.97. The zero-order valence-corrected chi connectivity index (χ0v) is 16.1. The highest BCUT2D eigenvalue weighted by molar-refractivity contribution is 5.78. The molecule has 0 bridgehead atoms. The van der Waals surface area contributed by atoms with Crippen LogP contribution in [0.2, 0.25) is 0 Å². The molecule has 1 aliphatic carbocycles. The maximum absolute atomic E-state index is 12.7. The molecule has 1 aromatic carbocycles. The highest BCUT2D eigenvalue weighted by Crippen LogP contribution is 2.44. The fraction of sp³-hybridized carbons (Fsp3) is 0.273. The zero-order valence-electron chi connectivity index (χ0n) is 16.1. The van der Waals surface area contributed by atoms with Crippen LogP contribution in [0, 0.1) is 6.92 Å². The summed E-state index contributed by atoms with van der Waals surface area (Å²) < 4.78 is 6.25. The lowest BCUT2D eigenvalue weighted by Crippen LogP contribution is -2.20. The van der Waals surface area contributed by atoms with Gasteiger partial charge in [0, 0.05) is 26.0 Å². The second-order valence-electron chi connectivity index (χ2n) is 7.43. The number of carbonyl (C=O) groups is 1. The molecule has 1 saturated carbocycles. The van der Waals surface area contributed by atoms with Crippen molar-refractivity contribution >= 4 is 17.4 Å². The molecule has 0 saturated heterocycles. The van der Waals surface area contributed by atoms with E-state index in [4.69, 9.17) is 9.84 Å². The Morgan fingerprint density at radius 3 is 2.43 bits per heavy atom. The smallest absolute Gasteiger partial charge is 0.449 e. The van der Waals surface area contributed by atoms with E-state index >= 15 is 0 Å². The third-order valence-corrected chi connectivity index (χ3v) is 5.29. The van der Waals surface area contributed by atoms with Crippen LogP contribution in [0.1, 0.15) is 29.9 Å².